The van der Waals surface area contributed by atoms with Crippen LogP contribution in [-0.2, 0) is 16.0 Å². The normalized spacial score (nSPS) is 18.0. The van der Waals surface area contributed by atoms with Gasteiger partial charge in [0.05, 0.1) is 11.0 Å². The molecule has 0 saturated carbocycles. The molecular weight excluding hydrogens is 282 g/mol. The number of hydrogen-bond acceptors (Lipinski definition) is 3. The summed E-state index contributed by atoms with van der Waals surface area (Å²) in [6.07, 6.45) is 2.08. The van der Waals surface area contributed by atoms with Crippen LogP contribution in [0.25, 0.3) is 11.0 Å². The number of aliphatic carboxylic acids is 1. The van der Waals surface area contributed by atoms with Crippen LogP contribution in [0.3, 0.4) is 0 Å². The van der Waals surface area contributed by atoms with Crippen molar-refractivity contribution in [3.05, 3.63) is 29.6 Å². The number of fused-ring (bicyclic) bond motifs is 1. The predicted molar refractivity (Wildman–Crippen MR) is 81.5 cm³/mol. The number of rotatable bonds is 4. The fourth-order valence-electron chi connectivity index (χ4n) is 3.04. The Labute approximate surface area is 128 Å². The average Bonchev–Trinajstić information content (AvgIpc) is 3.12. The number of nitrogens with one attached hydrogen (secondary N) is 1. The fourth-order valence-corrected chi connectivity index (χ4v) is 3.04. The summed E-state index contributed by atoms with van der Waals surface area (Å²) in [5.41, 5.74) is 2.98. The molecule has 1 saturated heterocycles. The van der Waals surface area contributed by atoms with Crippen molar-refractivity contribution in [1.29, 1.82) is 0 Å². The maximum atomic E-state index is 12.2. The summed E-state index contributed by atoms with van der Waals surface area (Å²) >= 11 is 0. The number of carbonyl (C=O) groups excluding carboxylic acids is 1. The highest BCUT2D eigenvalue weighted by molar-refractivity contribution is 5.84. The number of aryl methyl sites for hydroxylation is 2. The Morgan fingerprint density at radius 1 is 1.45 bits per heavy atom. The molecule has 1 aliphatic heterocycles. The van der Waals surface area contributed by atoms with Gasteiger partial charge in [-0.25, -0.2) is 9.78 Å². The third-order valence-corrected chi connectivity index (χ3v) is 4.20. The molecule has 1 fully saturated rings. The second kappa shape index (κ2) is 5.79. The highest BCUT2D eigenvalue weighted by Gasteiger charge is 2.33. The number of imidazole rings is 1. The van der Waals surface area contributed by atoms with E-state index in [-0.39, 0.29) is 12.3 Å². The Bertz CT molecular complexity index is 722. The lowest BCUT2D eigenvalue weighted by molar-refractivity contribution is -0.148. The number of amides is 1. The molecule has 116 valence electrons. The number of aromatic nitrogens is 2. The predicted octanol–water partition coefficient (Wildman–Crippen LogP) is 1.88. The van der Waals surface area contributed by atoms with Gasteiger partial charge in [0.1, 0.15) is 11.9 Å². The van der Waals surface area contributed by atoms with E-state index in [2.05, 4.69) is 9.97 Å². The molecule has 0 aliphatic carbocycles. The van der Waals surface area contributed by atoms with E-state index in [9.17, 15) is 9.59 Å². The van der Waals surface area contributed by atoms with E-state index in [4.69, 9.17) is 5.11 Å². The number of hydrogen-bond donors (Lipinski definition) is 2. The van der Waals surface area contributed by atoms with E-state index in [0.717, 1.165) is 28.8 Å². The Balaban J connectivity index is 1.67. The van der Waals surface area contributed by atoms with Crippen LogP contribution in [0.5, 0.6) is 0 Å². The second-order valence-corrected chi connectivity index (χ2v) is 5.74. The van der Waals surface area contributed by atoms with Crippen molar-refractivity contribution < 1.29 is 14.7 Å². The monoisotopic (exact) mass is 301 g/mol. The van der Waals surface area contributed by atoms with E-state index in [1.165, 1.54) is 4.90 Å². The Hall–Kier alpha value is -2.37. The largest absolute Gasteiger partial charge is 0.480 e. The molecule has 1 amide bonds. The summed E-state index contributed by atoms with van der Waals surface area (Å²) in [6.45, 7) is 2.54. The van der Waals surface area contributed by atoms with Gasteiger partial charge in [-0.1, -0.05) is 12.1 Å². The van der Waals surface area contributed by atoms with E-state index < -0.39 is 12.0 Å². The van der Waals surface area contributed by atoms with E-state index >= 15 is 0 Å². The number of benzene rings is 1. The molecule has 0 unspecified atom stereocenters. The Kier molecular flexibility index (Phi) is 3.83. The minimum atomic E-state index is -0.912. The number of para-hydroxylation sites is 1. The first kappa shape index (κ1) is 14.6. The lowest BCUT2D eigenvalue weighted by Crippen LogP contribution is -2.40. The second-order valence-electron chi connectivity index (χ2n) is 5.74. The summed E-state index contributed by atoms with van der Waals surface area (Å²) < 4.78 is 0. The van der Waals surface area contributed by atoms with Gasteiger partial charge in [0.15, 0.2) is 0 Å². The Morgan fingerprint density at radius 2 is 2.27 bits per heavy atom. The SMILES string of the molecule is Cc1cccc2[nH]c(CCC(=O)N3CCC[C@H]3C(=O)O)nc12. The molecule has 2 N–H and O–H groups in total. The molecule has 1 aromatic carbocycles. The summed E-state index contributed by atoms with van der Waals surface area (Å²) in [5, 5.41) is 9.13. The summed E-state index contributed by atoms with van der Waals surface area (Å²) in [7, 11) is 0. The molecule has 1 atom stereocenters. The first-order valence-corrected chi connectivity index (χ1v) is 7.53. The van der Waals surface area contributed by atoms with Gasteiger partial charge in [-0.2, -0.15) is 0 Å². The quantitative estimate of drug-likeness (QED) is 0.902. The van der Waals surface area contributed by atoms with Crippen LogP contribution < -0.4 is 0 Å². The highest BCUT2D eigenvalue weighted by atomic mass is 16.4. The number of nitrogens with zero attached hydrogens (tertiary/aromatic N) is 2. The fraction of sp³-hybridized carbons (Fsp3) is 0.438. The van der Waals surface area contributed by atoms with Crippen LogP contribution in [0.1, 0.15) is 30.7 Å². The third kappa shape index (κ3) is 2.68. The van der Waals surface area contributed by atoms with Crippen LogP contribution in [0.4, 0.5) is 0 Å². The molecule has 3 rings (SSSR count). The van der Waals surface area contributed by atoms with Crippen molar-refractivity contribution in [2.75, 3.05) is 6.54 Å². The topological polar surface area (TPSA) is 86.3 Å². The summed E-state index contributed by atoms with van der Waals surface area (Å²) in [5.74, 6) is -0.254. The third-order valence-electron chi connectivity index (χ3n) is 4.20. The maximum Gasteiger partial charge on any atom is 0.326 e. The van der Waals surface area contributed by atoms with Gasteiger partial charge in [-0.3, -0.25) is 4.79 Å². The molecule has 0 radical (unpaired) electrons. The molecule has 2 heterocycles. The Morgan fingerprint density at radius 3 is 3.00 bits per heavy atom. The summed E-state index contributed by atoms with van der Waals surface area (Å²) in [6, 6.07) is 5.26. The van der Waals surface area contributed by atoms with Crippen molar-refractivity contribution in [2.45, 2.75) is 38.6 Å². The van der Waals surface area contributed by atoms with Crippen LogP contribution in [0.2, 0.25) is 0 Å². The lowest BCUT2D eigenvalue weighted by Gasteiger charge is -2.21. The van der Waals surface area contributed by atoms with E-state index in [1.54, 1.807) is 0 Å². The standard InChI is InChI=1S/C16H19N3O3/c1-10-4-2-5-11-15(10)18-13(17-11)7-8-14(20)19-9-3-6-12(19)16(21)22/h2,4-5,12H,3,6-9H2,1H3,(H,17,18)(H,21,22)/t12-/m0/s1. The van der Waals surface area contributed by atoms with Crippen molar-refractivity contribution in [1.82, 2.24) is 14.9 Å². The maximum absolute atomic E-state index is 12.2. The minimum Gasteiger partial charge on any atom is -0.480 e. The molecule has 0 spiro atoms. The molecule has 0 bridgehead atoms. The molecule has 22 heavy (non-hydrogen) atoms. The van der Waals surface area contributed by atoms with Gasteiger partial charge >= 0.3 is 5.97 Å². The van der Waals surface area contributed by atoms with Crippen LogP contribution >= 0.6 is 0 Å². The number of likely N-dealkylation sites (tertiary alicyclic amines) is 1. The molecule has 1 aliphatic rings. The molecule has 1 aromatic heterocycles. The number of carboxylic acid groups (broad SMARTS) is 1. The van der Waals surface area contributed by atoms with Gasteiger partial charge in [0, 0.05) is 19.4 Å². The van der Waals surface area contributed by atoms with E-state index in [0.29, 0.717) is 19.4 Å². The van der Waals surface area contributed by atoms with Gasteiger partial charge in [-0.05, 0) is 31.4 Å². The number of H-pyrrole nitrogens is 1. The molecule has 6 heteroatoms. The number of carboxylic acids is 1. The van der Waals surface area contributed by atoms with Crippen molar-refractivity contribution in [3.8, 4) is 0 Å². The first-order valence-electron chi connectivity index (χ1n) is 7.53. The van der Waals surface area contributed by atoms with Crippen molar-refractivity contribution in [2.24, 2.45) is 0 Å². The first-order chi connectivity index (χ1) is 10.6. The van der Waals surface area contributed by atoms with Gasteiger partial charge in [0.2, 0.25) is 5.91 Å². The number of carbonyl (C=O) groups is 2. The zero-order valence-electron chi connectivity index (χ0n) is 12.5. The van der Waals surface area contributed by atoms with Crippen LogP contribution in [-0.4, -0.2) is 44.4 Å². The van der Waals surface area contributed by atoms with Gasteiger partial charge in [-0.15, -0.1) is 0 Å². The zero-order valence-corrected chi connectivity index (χ0v) is 12.5. The number of aromatic amines is 1. The van der Waals surface area contributed by atoms with Crippen LogP contribution in [0, 0.1) is 6.92 Å². The zero-order chi connectivity index (χ0) is 15.7. The lowest BCUT2D eigenvalue weighted by atomic mass is 10.2. The van der Waals surface area contributed by atoms with Gasteiger partial charge < -0.3 is 15.0 Å². The molecule has 2 aromatic rings. The van der Waals surface area contributed by atoms with Gasteiger partial charge in [0.25, 0.3) is 0 Å². The summed E-state index contributed by atoms with van der Waals surface area (Å²) in [4.78, 5) is 32.6. The van der Waals surface area contributed by atoms with Crippen molar-refractivity contribution >= 4 is 22.9 Å². The van der Waals surface area contributed by atoms with Crippen molar-refractivity contribution in [3.63, 3.8) is 0 Å². The molecular formula is C16H19N3O3. The highest BCUT2D eigenvalue weighted by Crippen LogP contribution is 2.20. The smallest absolute Gasteiger partial charge is 0.326 e. The molecule has 6 nitrogen and oxygen atoms in total. The minimum absolute atomic E-state index is 0.109. The van der Waals surface area contributed by atoms with E-state index in [1.807, 2.05) is 25.1 Å². The average molecular weight is 301 g/mol. The van der Waals surface area contributed by atoms with Crippen LogP contribution in [0.15, 0.2) is 18.2 Å².